The molecule has 0 aromatic heterocycles. The summed E-state index contributed by atoms with van der Waals surface area (Å²) in [4.78, 5) is 0. The molecule has 0 aromatic carbocycles. The first-order valence-electron chi connectivity index (χ1n) is 3.96. The second kappa shape index (κ2) is 3.99. The maximum absolute atomic E-state index is 8.27. The van der Waals surface area contributed by atoms with Crippen LogP contribution >= 0.6 is 11.8 Å². The van der Waals surface area contributed by atoms with Crippen LogP contribution in [0.25, 0.3) is 0 Å². The van der Waals surface area contributed by atoms with Crippen molar-refractivity contribution in [3.63, 3.8) is 0 Å². The lowest BCUT2D eigenvalue weighted by molar-refractivity contribution is 0.669. The van der Waals surface area contributed by atoms with Gasteiger partial charge in [0.2, 0.25) is 0 Å². The molecule has 0 spiro atoms. The lowest BCUT2D eigenvalue weighted by Crippen LogP contribution is -2.26. The third-order valence-electron chi connectivity index (χ3n) is 2.10. The Hall–Kier alpha value is -0.200. The molecule has 1 N–H and O–H groups in total. The summed E-state index contributed by atoms with van der Waals surface area (Å²) >= 11 is 1.95. The SMILES string of the molecule is CSC1(CNCCC#N)CC1. The van der Waals surface area contributed by atoms with Gasteiger partial charge in [0.05, 0.1) is 6.07 Å². The number of nitriles is 1. The number of rotatable bonds is 5. The van der Waals surface area contributed by atoms with Crippen LogP contribution in [0, 0.1) is 11.3 Å². The molecule has 0 radical (unpaired) electrons. The van der Waals surface area contributed by atoms with Crippen LogP contribution in [0.2, 0.25) is 0 Å². The maximum atomic E-state index is 8.27. The van der Waals surface area contributed by atoms with E-state index in [1.165, 1.54) is 12.8 Å². The summed E-state index contributed by atoms with van der Waals surface area (Å²) in [6.45, 7) is 1.93. The molecule has 1 aliphatic carbocycles. The molecule has 62 valence electrons. The quantitative estimate of drug-likeness (QED) is 0.633. The fraction of sp³-hybridized carbons (Fsp3) is 0.875. The van der Waals surface area contributed by atoms with Gasteiger partial charge < -0.3 is 5.32 Å². The van der Waals surface area contributed by atoms with E-state index in [4.69, 9.17) is 5.26 Å². The number of thioether (sulfide) groups is 1. The van der Waals surface area contributed by atoms with E-state index in [0.717, 1.165) is 13.1 Å². The molecule has 2 nitrogen and oxygen atoms in total. The topological polar surface area (TPSA) is 35.8 Å². The van der Waals surface area contributed by atoms with Crippen molar-refractivity contribution in [1.82, 2.24) is 5.32 Å². The molecule has 1 fully saturated rings. The van der Waals surface area contributed by atoms with Crippen LogP contribution in [0.1, 0.15) is 19.3 Å². The Bertz CT molecular complexity index is 158. The highest BCUT2D eigenvalue weighted by Gasteiger charge is 2.41. The molecular formula is C8H14N2S. The lowest BCUT2D eigenvalue weighted by atomic mass is 10.4. The van der Waals surface area contributed by atoms with Gasteiger partial charge >= 0.3 is 0 Å². The molecule has 0 heterocycles. The molecule has 0 unspecified atom stereocenters. The van der Waals surface area contributed by atoms with E-state index in [0.29, 0.717) is 11.2 Å². The molecule has 0 aromatic rings. The number of nitrogens with one attached hydrogen (secondary N) is 1. The van der Waals surface area contributed by atoms with Crippen molar-refractivity contribution >= 4 is 11.8 Å². The van der Waals surface area contributed by atoms with Gasteiger partial charge in [0.15, 0.2) is 0 Å². The molecule has 0 aliphatic heterocycles. The molecule has 1 aliphatic rings. The highest BCUT2D eigenvalue weighted by atomic mass is 32.2. The number of hydrogen-bond acceptors (Lipinski definition) is 3. The Morgan fingerprint density at radius 1 is 1.64 bits per heavy atom. The van der Waals surface area contributed by atoms with Gasteiger partial charge in [-0.2, -0.15) is 17.0 Å². The molecular weight excluding hydrogens is 156 g/mol. The van der Waals surface area contributed by atoms with E-state index < -0.39 is 0 Å². The average Bonchev–Trinajstić information content (AvgIpc) is 2.80. The Labute approximate surface area is 72.4 Å². The van der Waals surface area contributed by atoms with Crippen LogP contribution in [0.3, 0.4) is 0 Å². The van der Waals surface area contributed by atoms with Gasteiger partial charge in [-0.05, 0) is 19.1 Å². The summed E-state index contributed by atoms with van der Waals surface area (Å²) in [7, 11) is 0. The second-order valence-corrected chi connectivity index (χ2v) is 4.25. The predicted octanol–water partition coefficient (Wildman–Crippen LogP) is 1.39. The van der Waals surface area contributed by atoms with Crippen LogP contribution in [0.4, 0.5) is 0 Å². The zero-order valence-electron chi connectivity index (χ0n) is 6.89. The summed E-state index contributed by atoms with van der Waals surface area (Å²) in [5, 5.41) is 11.6. The third-order valence-corrected chi connectivity index (χ3v) is 3.52. The highest BCUT2D eigenvalue weighted by molar-refractivity contribution is 8.00. The summed E-state index contributed by atoms with van der Waals surface area (Å²) in [5.74, 6) is 0. The maximum Gasteiger partial charge on any atom is 0.0635 e. The fourth-order valence-electron chi connectivity index (χ4n) is 1.05. The predicted molar refractivity (Wildman–Crippen MR) is 48.6 cm³/mol. The first kappa shape index (κ1) is 8.89. The van der Waals surface area contributed by atoms with Gasteiger partial charge in [0, 0.05) is 24.3 Å². The summed E-state index contributed by atoms with van der Waals surface area (Å²) in [6, 6.07) is 2.12. The zero-order valence-corrected chi connectivity index (χ0v) is 7.71. The first-order chi connectivity index (χ1) is 5.33. The van der Waals surface area contributed by atoms with Gasteiger partial charge in [-0.3, -0.25) is 0 Å². The molecule has 11 heavy (non-hydrogen) atoms. The fourth-order valence-corrected chi connectivity index (χ4v) is 1.81. The number of nitrogens with zero attached hydrogens (tertiary/aromatic N) is 1. The van der Waals surface area contributed by atoms with Crippen molar-refractivity contribution in [1.29, 1.82) is 5.26 Å². The third kappa shape index (κ3) is 2.72. The summed E-state index contributed by atoms with van der Waals surface area (Å²) < 4.78 is 0.537. The zero-order chi connectivity index (χ0) is 8.16. The average molecular weight is 170 g/mol. The smallest absolute Gasteiger partial charge is 0.0635 e. The minimum Gasteiger partial charge on any atom is -0.314 e. The van der Waals surface area contributed by atoms with Crippen molar-refractivity contribution in [2.24, 2.45) is 0 Å². The van der Waals surface area contributed by atoms with Gasteiger partial charge in [-0.1, -0.05) is 0 Å². The van der Waals surface area contributed by atoms with Crippen molar-refractivity contribution in [2.75, 3.05) is 19.3 Å². The monoisotopic (exact) mass is 170 g/mol. The van der Waals surface area contributed by atoms with Gasteiger partial charge in [-0.25, -0.2) is 0 Å². The minimum atomic E-state index is 0.537. The van der Waals surface area contributed by atoms with Crippen LogP contribution in [-0.2, 0) is 0 Å². The Morgan fingerprint density at radius 3 is 2.82 bits per heavy atom. The van der Waals surface area contributed by atoms with E-state index >= 15 is 0 Å². The Balaban J connectivity index is 2.00. The van der Waals surface area contributed by atoms with Gasteiger partial charge in [0.25, 0.3) is 0 Å². The van der Waals surface area contributed by atoms with Crippen LogP contribution in [0.5, 0.6) is 0 Å². The van der Waals surface area contributed by atoms with E-state index in [1.807, 2.05) is 11.8 Å². The van der Waals surface area contributed by atoms with Crippen LogP contribution < -0.4 is 5.32 Å². The summed E-state index contributed by atoms with van der Waals surface area (Å²) in [5.41, 5.74) is 0. The molecule has 1 rings (SSSR count). The molecule has 0 atom stereocenters. The number of hydrogen-bond donors (Lipinski definition) is 1. The Kier molecular flexibility index (Phi) is 3.22. The standard InChI is InChI=1S/C8H14N2S/c1-11-8(3-4-8)7-10-6-2-5-9/h10H,2-4,6-7H2,1H3. The van der Waals surface area contributed by atoms with E-state index in [-0.39, 0.29) is 0 Å². The van der Waals surface area contributed by atoms with Gasteiger partial charge in [-0.15, -0.1) is 0 Å². The van der Waals surface area contributed by atoms with Gasteiger partial charge in [0.1, 0.15) is 0 Å². The lowest BCUT2D eigenvalue weighted by Gasteiger charge is -2.11. The van der Waals surface area contributed by atoms with E-state index in [9.17, 15) is 0 Å². The summed E-state index contributed by atoms with van der Waals surface area (Å²) in [6.07, 6.45) is 5.48. The van der Waals surface area contributed by atoms with Crippen molar-refractivity contribution < 1.29 is 0 Å². The molecule has 0 saturated heterocycles. The van der Waals surface area contributed by atoms with Crippen molar-refractivity contribution in [3.8, 4) is 6.07 Å². The minimum absolute atomic E-state index is 0.537. The molecule has 0 bridgehead atoms. The second-order valence-electron chi connectivity index (χ2n) is 2.97. The Morgan fingerprint density at radius 2 is 2.36 bits per heavy atom. The van der Waals surface area contributed by atoms with Crippen molar-refractivity contribution in [2.45, 2.75) is 24.0 Å². The van der Waals surface area contributed by atoms with E-state index in [2.05, 4.69) is 17.6 Å². The first-order valence-corrected chi connectivity index (χ1v) is 5.18. The van der Waals surface area contributed by atoms with E-state index in [1.54, 1.807) is 0 Å². The van der Waals surface area contributed by atoms with Crippen LogP contribution in [0.15, 0.2) is 0 Å². The highest BCUT2D eigenvalue weighted by Crippen LogP contribution is 2.46. The molecule has 0 amide bonds. The normalized spacial score (nSPS) is 19.3. The van der Waals surface area contributed by atoms with Crippen molar-refractivity contribution in [3.05, 3.63) is 0 Å². The molecule has 1 saturated carbocycles. The largest absolute Gasteiger partial charge is 0.314 e. The molecule has 3 heteroatoms. The van der Waals surface area contributed by atoms with Crippen LogP contribution in [-0.4, -0.2) is 24.1 Å².